The molecule has 0 amide bonds. The predicted octanol–water partition coefficient (Wildman–Crippen LogP) is 1.60. The highest BCUT2D eigenvalue weighted by Gasteiger charge is 2.28. The monoisotopic (exact) mass is 276 g/mol. The van der Waals surface area contributed by atoms with Gasteiger partial charge in [-0.3, -0.25) is 10.1 Å². The molecule has 1 saturated heterocycles. The summed E-state index contributed by atoms with van der Waals surface area (Å²) in [6.07, 6.45) is 5.06. The van der Waals surface area contributed by atoms with E-state index in [1.807, 2.05) is 6.07 Å². The number of aliphatic hydroxyl groups excluding tert-OH is 1. The second kappa shape index (κ2) is 6.30. The normalized spacial score (nSPS) is 19.2. The number of aliphatic hydroxyl groups is 1. The first-order valence-corrected chi connectivity index (χ1v) is 6.59. The smallest absolute Gasteiger partial charge is 0.312 e. The predicted molar refractivity (Wildman–Crippen MR) is 72.3 cm³/mol. The first-order chi connectivity index (χ1) is 9.67. The minimum absolute atomic E-state index is 0.0567. The van der Waals surface area contributed by atoms with Gasteiger partial charge in [0.25, 0.3) is 0 Å². The molecule has 1 aliphatic heterocycles. The van der Waals surface area contributed by atoms with Crippen LogP contribution in [-0.2, 0) is 0 Å². The Morgan fingerprint density at radius 3 is 3.00 bits per heavy atom. The molecule has 1 aromatic rings. The fourth-order valence-electron chi connectivity index (χ4n) is 2.51. The van der Waals surface area contributed by atoms with E-state index in [4.69, 9.17) is 5.26 Å². The molecule has 20 heavy (non-hydrogen) atoms. The molecule has 0 aromatic carbocycles. The molecule has 2 heterocycles. The van der Waals surface area contributed by atoms with Gasteiger partial charge in [0.1, 0.15) is 6.07 Å². The van der Waals surface area contributed by atoms with Crippen LogP contribution < -0.4 is 4.90 Å². The van der Waals surface area contributed by atoms with Gasteiger partial charge in [-0.05, 0) is 12.8 Å². The van der Waals surface area contributed by atoms with Gasteiger partial charge in [0.15, 0.2) is 0 Å². The largest absolute Gasteiger partial charge is 0.394 e. The molecule has 1 aromatic heterocycles. The summed E-state index contributed by atoms with van der Waals surface area (Å²) in [7, 11) is 0. The highest BCUT2D eigenvalue weighted by atomic mass is 16.6. The second-order valence-electron chi connectivity index (χ2n) is 4.81. The summed E-state index contributed by atoms with van der Waals surface area (Å²) in [4.78, 5) is 16.5. The number of anilines is 1. The first-order valence-electron chi connectivity index (χ1n) is 6.59. The summed E-state index contributed by atoms with van der Waals surface area (Å²) in [6.45, 7) is 0.573. The molecule has 0 aliphatic carbocycles. The van der Waals surface area contributed by atoms with Crippen molar-refractivity contribution in [2.24, 2.45) is 0 Å². The Morgan fingerprint density at radius 1 is 1.55 bits per heavy atom. The number of nitro groups is 1. The first kappa shape index (κ1) is 14.2. The molecule has 0 bridgehead atoms. The van der Waals surface area contributed by atoms with Crippen molar-refractivity contribution >= 4 is 11.5 Å². The van der Waals surface area contributed by atoms with Gasteiger partial charge in [-0.25, -0.2) is 4.98 Å². The molecule has 1 N–H and O–H groups in total. The van der Waals surface area contributed by atoms with E-state index in [0.717, 1.165) is 25.7 Å². The van der Waals surface area contributed by atoms with Crippen LogP contribution in [0.25, 0.3) is 0 Å². The Hall–Kier alpha value is -2.20. The highest BCUT2D eigenvalue weighted by Crippen LogP contribution is 2.30. The quantitative estimate of drug-likeness (QED) is 0.664. The number of nitrogens with zero attached hydrogens (tertiary/aromatic N) is 4. The molecule has 1 fully saturated rings. The Morgan fingerprint density at radius 2 is 2.35 bits per heavy atom. The van der Waals surface area contributed by atoms with Gasteiger partial charge in [-0.15, -0.1) is 0 Å². The Labute approximate surface area is 116 Å². The average molecular weight is 276 g/mol. The van der Waals surface area contributed by atoms with Crippen LogP contribution in [-0.4, -0.2) is 34.2 Å². The fourth-order valence-corrected chi connectivity index (χ4v) is 2.51. The number of pyridine rings is 1. The van der Waals surface area contributed by atoms with Gasteiger partial charge in [0.2, 0.25) is 5.82 Å². The minimum atomic E-state index is -0.525. The van der Waals surface area contributed by atoms with Gasteiger partial charge < -0.3 is 10.0 Å². The minimum Gasteiger partial charge on any atom is -0.394 e. The van der Waals surface area contributed by atoms with Crippen LogP contribution >= 0.6 is 0 Å². The zero-order chi connectivity index (χ0) is 14.5. The van der Waals surface area contributed by atoms with Crippen LogP contribution in [0.2, 0.25) is 0 Å². The number of hydrogen-bond acceptors (Lipinski definition) is 6. The van der Waals surface area contributed by atoms with Gasteiger partial charge in [-0.1, -0.05) is 12.8 Å². The van der Waals surface area contributed by atoms with Crippen LogP contribution in [0.5, 0.6) is 0 Å². The third kappa shape index (κ3) is 2.86. The van der Waals surface area contributed by atoms with Crippen molar-refractivity contribution in [2.45, 2.75) is 31.7 Å². The molecular weight excluding hydrogens is 260 g/mol. The molecule has 7 nitrogen and oxygen atoms in total. The van der Waals surface area contributed by atoms with E-state index < -0.39 is 4.92 Å². The zero-order valence-electron chi connectivity index (χ0n) is 11.0. The molecule has 0 saturated carbocycles. The van der Waals surface area contributed by atoms with Crippen LogP contribution in [0.1, 0.15) is 31.2 Å². The number of nitriles is 1. The van der Waals surface area contributed by atoms with Crippen molar-refractivity contribution in [3.05, 3.63) is 27.9 Å². The summed E-state index contributed by atoms with van der Waals surface area (Å²) in [6, 6.07) is 2.94. The molecule has 2 rings (SSSR count). The van der Waals surface area contributed by atoms with E-state index in [1.54, 1.807) is 4.90 Å². The molecule has 7 heteroatoms. The van der Waals surface area contributed by atoms with E-state index in [2.05, 4.69) is 4.98 Å². The molecule has 0 radical (unpaired) electrons. The van der Waals surface area contributed by atoms with E-state index in [1.165, 1.54) is 12.3 Å². The maximum atomic E-state index is 11.2. The SMILES string of the molecule is N#Cc1cnc(N2CCCCCC2CO)c([N+](=O)[O-])c1. The summed E-state index contributed by atoms with van der Waals surface area (Å²) in [5.41, 5.74) is -0.0137. The van der Waals surface area contributed by atoms with Gasteiger partial charge in [0.05, 0.1) is 23.1 Å². The van der Waals surface area contributed by atoms with Crippen LogP contribution in [0, 0.1) is 21.4 Å². The summed E-state index contributed by atoms with van der Waals surface area (Å²) < 4.78 is 0. The molecule has 106 valence electrons. The van der Waals surface area contributed by atoms with Gasteiger partial charge >= 0.3 is 5.69 Å². The van der Waals surface area contributed by atoms with Crippen molar-refractivity contribution in [3.63, 3.8) is 0 Å². The number of rotatable bonds is 3. The van der Waals surface area contributed by atoms with Crippen molar-refractivity contribution in [1.29, 1.82) is 5.26 Å². The lowest BCUT2D eigenvalue weighted by Gasteiger charge is -2.29. The average Bonchev–Trinajstić information content (AvgIpc) is 2.71. The molecule has 0 spiro atoms. The number of aromatic nitrogens is 1. The highest BCUT2D eigenvalue weighted by molar-refractivity contribution is 5.60. The lowest BCUT2D eigenvalue weighted by atomic mass is 10.1. The third-order valence-electron chi connectivity index (χ3n) is 3.53. The van der Waals surface area contributed by atoms with E-state index in [0.29, 0.717) is 6.54 Å². The lowest BCUT2D eigenvalue weighted by molar-refractivity contribution is -0.384. The Balaban J connectivity index is 2.43. The van der Waals surface area contributed by atoms with Crippen LogP contribution in [0.3, 0.4) is 0 Å². The number of hydrogen-bond donors (Lipinski definition) is 1. The summed E-state index contributed by atoms with van der Waals surface area (Å²) in [5.74, 6) is 0.245. The molecular formula is C13H16N4O3. The standard InChI is InChI=1S/C13H16N4O3/c14-7-10-6-12(17(19)20)13(15-8-10)16-5-3-1-2-4-11(16)9-18/h6,8,11,18H,1-5,9H2. The van der Waals surface area contributed by atoms with Crippen LogP contribution in [0.15, 0.2) is 12.3 Å². The van der Waals surface area contributed by atoms with Crippen molar-refractivity contribution in [1.82, 2.24) is 4.98 Å². The maximum absolute atomic E-state index is 11.2. The van der Waals surface area contributed by atoms with Gasteiger partial charge in [0, 0.05) is 18.8 Å². The Kier molecular flexibility index (Phi) is 4.48. The zero-order valence-corrected chi connectivity index (χ0v) is 11.0. The van der Waals surface area contributed by atoms with E-state index in [-0.39, 0.29) is 29.7 Å². The van der Waals surface area contributed by atoms with E-state index >= 15 is 0 Å². The third-order valence-corrected chi connectivity index (χ3v) is 3.53. The summed E-state index contributed by atoms with van der Waals surface area (Å²) in [5, 5.41) is 29.5. The van der Waals surface area contributed by atoms with Gasteiger partial charge in [-0.2, -0.15) is 5.26 Å². The van der Waals surface area contributed by atoms with Crippen molar-refractivity contribution < 1.29 is 10.0 Å². The maximum Gasteiger partial charge on any atom is 0.312 e. The summed E-state index contributed by atoms with van der Waals surface area (Å²) >= 11 is 0. The molecule has 1 atom stereocenters. The van der Waals surface area contributed by atoms with E-state index in [9.17, 15) is 15.2 Å². The Bertz CT molecular complexity index is 541. The second-order valence-corrected chi connectivity index (χ2v) is 4.81. The lowest BCUT2D eigenvalue weighted by Crippen LogP contribution is -2.38. The van der Waals surface area contributed by atoms with Crippen molar-refractivity contribution in [2.75, 3.05) is 18.1 Å². The fraction of sp³-hybridized carbons (Fsp3) is 0.538. The van der Waals surface area contributed by atoms with Crippen molar-refractivity contribution in [3.8, 4) is 6.07 Å². The molecule has 1 unspecified atom stereocenters. The van der Waals surface area contributed by atoms with Crippen LogP contribution in [0.4, 0.5) is 11.5 Å². The molecule has 1 aliphatic rings. The topological polar surface area (TPSA) is 103 Å².